The average molecular weight is 373 g/mol. The largest absolute Gasteiger partial charge is 0.496 e. The first-order valence-electron chi connectivity index (χ1n) is 8.84. The van der Waals surface area contributed by atoms with E-state index < -0.39 is 5.82 Å². The predicted octanol–water partition coefficient (Wildman–Crippen LogP) is 4.04. The van der Waals surface area contributed by atoms with E-state index in [1.165, 1.54) is 13.2 Å². The summed E-state index contributed by atoms with van der Waals surface area (Å²) in [6.07, 6.45) is 5.59. The molecule has 0 radical (unpaired) electrons. The Kier molecular flexibility index (Phi) is 3.49. The number of benzene rings is 2. The highest BCUT2D eigenvalue weighted by molar-refractivity contribution is 6.12. The molecule has 0 spiro atoms. The van der Waals surface area contributed by atoms with Crippen LogP contribution in [0.5, 0.6) is 5.75 Å². The van der Waals surface area contributed by atoms with Crippen LogP contribution in [0.1, 0.15) is 16.1 Å². The van der Waals surface area contributed by atoms with Gasteiger partial charge in [-0.15, -0.1) is 0 Å². The van der Waals surface area contributed by atoms with Crippen molar-refractivity contribution >= 4 is 22.5 Å². The van der Waals surface area contributed by atoms with E-state index in [0.29, 0.717) is 51.3 Å². The third kappa shape index (κ3) is 2.18. The molecule has 1 aliphatic carbocycles. The Morgan fingerprint density at radius 3 is 2.68 bits per heavy atom. The van der Waals surface area contributed by atoms with Crippen molar-refractivity contribution in [2.75, 3.05) is 12.8 Å². The summed E-state index contributed by atoms with van der Waals surface area (Å²) in [5.41, 5.74) is 9.80. The van der Waals surface area contributed by atoms with Gasteiger partial charge >= 0.3 is 0 Å². The number of methoxy groups -OCH3 is 1. The van der Waals surface area contributed by atoms with E-state index >= 15 is 0 Å². The number of anilines is 1. The molecular weight excluding hydrogens is 357 g/mol. The molecule has 28 heavy (non-hydrogen) atoms. The molecule has 1 amide bonds. The zero-order chi connectivity index (χ0) is 19.4. The standard InChI is InChI=1S/C22H16FN3O2/c1-28-17-8-3-2-7-13(17)18-15(23)10-9-14-20(24)19-16(25-21(14)18)11-26(22(19)27)12-5-4-6-12/h2-10H,11H2,1H3,(H2,24,25). The minimum absolute atomic E-state index is 0.180. The van der Waals surface area contributed by atoms with E-state index in [9.17, 15) is 9.18 Å². The molecule has 0 bridgehead atoms. The summed E-state index contributed by atoms with van der Waals surface area (Å²) in [7, 11) is 1.54. The number of para-hydroxylation sites is 1. The topological polar surface area (TPSA) is 68.5 Å². The fourth-order valence-corrected chi connectivity index (χ4v) is 3.77. The first-order valence-corrected chi connectivity index (χ1v) is 8.84. The Morgan fingerprint density at radius 2 is 1.96 bits per heavy atom. The van der Waals surface area contributed by atoms with Crippen LogP contribution in [0.2, 0.25) is 0 Å². The second kappa shape index (κ2) is 5.92. The number of nitrogens with zero attached hydrogens (tertiary/aromatic N) is 2. The SMILES string of the molecule is COc1ccccc1-c1c(F)ccc2c(N)c3c(nc12)CN(C1=CC=C1)C3=O. The minimum atomic E-state index is -0.422. The van der Waals surface area contributed by atoms with Crippen molar-refractivity contribution in [3.05, 3.63) is 77.4 Å². The van der Waals surface area contributed by atoms with Crippen LogP contribution in [0.3, 0.4) is 0 Å². The van der Waals surface area contributed by atoms with Gasteiger partial charge in [-0.2, -0.15) is 0 Å². The molecule has 1 aliphatic heterocycles. The van der Waals surface area contributed by atoms with Gasteiger partial charge in [0.05, 0.1) is 36.1 Å². The van der Waals surface area contributed by atoms with E-state index in [2.05, 4.69) is 4.98 Å². The number of nitrogens with two attached hydrogens (primary N) is 1. The van der Waals surface area contributed by atoms with Crippen molar-refractivity contribution in [1.29, 1.82) is 0 Å². The van der Waals surface area contributed by atoms with Crippen LogP contribution in [0, 0.1) is 5.82 Å². The van der Waals surface area contributed by atoms with E-state index in [-0.39, 0.29) is 5.91 Å². The van der Waals surface area contributed by atoms with Gasteiger partial charge in [-0.25, -0.2) is 9.37 Å². The molecule has 0 fully saturated rings. The Labute approximate surface area is 160 Å². The summed E-state index contributed by atoms with van der Waals surface area (Å²) in [6.45, 7) is 0.312. The van der Waals surface area contributed by atoms with Crippen molar-refractivity contribution in [1.82, 2.24) is 9.88 Å². The highest BCUT2D eigenvalue weighted by atomic mass is 19.1. The maximum atomic E-state index is 14.9. The van der Waals surface area contributed by atoms with Crippen LogP contribution in [0.25, 0.3) is 22.0 Å². The van der Waals surface area contributed by atoms with Crippen LogP contribution >= 0.6 is 0 Å². The third-order valence-corrected chi connectivity index (χ3v) is 5.21. The first kappa shape index (κ1) is 16.5. The van der Waals surface area contributed by atoms with E-state index in [1.807, 2.05) is 30.4 Å². The first-order chi connectivity index (χ1) is 13.6. The highest BCUT2D eigenvalue weighted by Crippen LogP contribution is 2.41. The fraction of sp³-hybridized carbons (Fsp3) is 0.0909. The minimum Gasteiger partial charge on any atom is -0.496 e. The molecule has 2 aromatic carbocycles. The third-order valence-electron chi connectivity index (χ3n) is 5.21. The smallest absolute Gasteiger partial charge is 0.262 e. The zero-order valence-electron chi connectivity index (χ0n) is 15.1. The maximum absolute atomic E-state index is 14.9. The van der Waals surface area contributed by atoms with Gasteiger partial charge in [0, 0.05) is 22.2 Å². The number of carbonyl (C=O) groups is 1. The number of nitrogen functional groups attached to an aromatic ring is 1. The summed E-state index contributed by atoms with van der Waals surface area (Å²) in [4.78, 5) is 19.2. The van der Waals surface area contributed by atoms with Crippen LogP contribution < -0.4 is 10.5 Å². The number of ether oxygens (including phenoxy) is 1. The number of aromatic nitrogens is 1. The molecule has 0 saturated heterocycles. The van der Waals surface area contributed by atoms with Crippen molar-refractivity contribution in [2.24, 2.45) is 0 Å². The second-order valence-electron chi connectivity index (χ2n) is 6.71. The Morgan fingerprint density at radius 1 is 1.18 bits per heavy atom. The highest BCUT2D eigenvalue weighted by Gasteiger charge is 2.34. The van der Waals surface area contributed by atoms with Gasteiger partial charge in [-0.05, 0) is 30.4 Å². The number of allylic oxidation sites excluding steroid dienone is 3. The molecule has 0 unspecified atom stereocenters. The van der Waals surface area contributed by atoms with Gasteiger partial charge in [0.1, 0.15) is 11.6 Å². The Balaban J connectivity index is 1.78. The number of pyridine rings is 1. The molecule has 1 aromatic heterocycles. The fourth-order valence-electron chi connectivity index (χ4n) is 3.77. The van der Waals surface area contributed by atoms with Gasteiger partial charge in [-0.3, -0.25) is 4.79 Å². The van der Waals surface area contributed by atoms with Gasteiger partial charge in [0.2, 0.25) is 0 Å². The Bertz CT molecular complexity index is 1230. The average Bonchev–Trinajstić information content (AvgIpc) is 2.97. The molecule has 0 atom stereocenters. The summed E-state index contributed by atoms with van der Waals surface area (Å²) in [5, 5.41) is 0.550. The number of halogens is 1. The van der Waals surface area contributed by atoms with Gasteiger partial charge < -0.3 is 15.4 Å². The van der Waals surface area contributed by atoms with Crippen LogP contribution in [0.15, 0.2) is 60.3 Å². The van der Waals surface area contributed by atoms with Gasteiger partial charge in [-0.1, -0.05) is 24.3 Å². The lowest BCUT2D eigenvalue weighted by atomic mass is 9.98. The summed E-state index contributed by atoms with van der Waals surface area (Å²) in [6, 6.07) is 10.1. The molecular formula is C22H16FN3O2. The van der Waals surface area contributed by atoms with E-state index in [1.54, 1.807) is 23.1 Å². The molecule has 2 N–H and O–H groups in total. The summed E-state index contributed by atoms with van der Waals surface area (Å²) in [5.74, 6) is -0.0624. The molecule has 138 valence electrons. The molecule has 6 heteroatoms. The number of fused-ring (bicyclic) bond motifs is 2. The number of carbonyl (C=O) groups excluding carboxylic acids is 1. The monoisotopic (exact) mass is 373 g/mol. The lowest BCUT2D eigenvalue weighted by Crippen LogP contribution is -2.24. The quantitative estimate of drug-likeness (QED) is 0.752. The lowest BCUT2D eigenvalue weighted by Gasteiger charge is -2.19. The van der Waals surface area contributed by atoms with E-state index in [0.717, 1.165) is 5.70 Å². The second-order valence-corrected chi connectivity index (χ2v) is 6.71. The molecule has 2 aliphatic rings. The van der Waals surface area contributed by atoms with Gasteiger partial charge in [0.15, 0.2) is 0 Å². The number of rotatable bonds is 3. The van der Waals surface area contributed by atoms with Gasteiger partial charge in [0.25, 0.3) is 5.91 Å². The molecule has 3 aromatic rings. The normalized spacial score (nSPS) is 14.9. The molecule has 5 nitrogen and oxygen atoms in total. The Hall–Kier alpha value is -3.67. The maximum Gasteiger partial charge on any atom is 0.262 e. The van der Waals surface area contributed by atoms with Crippen molar-refractivity contribution < 1.29 is 13.9 Å². The van der Waals surface area contributed by atoms with E-state index in [4.69, 9.17) is 10.5 Å². The van der Waals surface area contributed by atoms with Crippen LogP contribution in [-0.4, -0.2) is 22.9 Å². The van der Waals surface area contributed by atoms with Crippen molar-refractivity contribution in [3.63, 3.8) is 0 Å². The summed E-state index contributed by atoms with van der Waals surface area (Å²) < 4.78 is 20.3. The van der Waals surface area contributed by atoms with Crippen LogP contribution in [-0.2, 0) is 6.54 Å². The lowest BCUT2D eigenvalue weighted by molar-refractivity contribution is 0.0831. The number of hydrogen-bond donors (Lipinski definition) is 1. The van der Waals surface area contributed by atoms with Crippen molar-refractivity contribution in [2.45, 2.75) is 6.54 Å². The summed E-state index contributed by atoms with van der Waals surface area (Å²) >= 11 is 0. The predicted molar refractivity (Wildman–Crippen MR) is 105 cm³/mol. The molecule has 5 rings (SSSR count). The molecule has 0 saturated carbocycles. The van der Waals surface area contributed by atoms with Crippen molar-refractivity contribution in [3.8, 4) is 16.9 Å². The zero-order valence-corrected chi connectivity index (χ0v) is 15.1. The van der Waals surface area contributed by atoms with Crippen LogP contribution in [0.4, 0.5) is 10.1 Å². The number of amides is 1. The number of hydrogen-bond acceptors (Lipinski definition) is 4. The molecule has 2 heterocycles.